The maximum absolute atomic E-state index is 12.3. The average molecular weight is 533 g/mol. The zero-order valence-electron chi connectivity index (χ0n) is 22.2. The van der Waals surface area contributed by atoms with Crippen molar-refractivity contribution in [3.05, 3.63) is 83.4 Å². The molecule has 0 unspecified atom stereocenters. The normalized spacial score (nSPS) is 10.5. The van der Waals surface area contributed by atoms with Gasteiger partial charge in [0.1, 0.15) is 5.75 Å². The number of hydrogen-bond acceptors (Lipinski definition) is 7. The summed E-state index contributed by atoms with van der Waals surface area (Å²) in [7, 11) is 3.10. The van der Waals surface area contributed by atoms with Gasteiger partial charge in [0.15, 0.2) is 18.1 Å². The molecule has 0 fully saturated rings. The number of hydrazone groups is 1. The molecule has 10 heteroatoms. The molecule has 3 aromatic rings. The molecule has 0 aliphatic rings. The third-order valence-corrected chi connectivity index (χ3v) is 5.63. The fraction of sp³-hybridized carbons (Fsp3) is 0.241. The van der Waals surface area contributed by atoms with Gasteiger partial charge >= 0.3 is 11.8 Å². The Kier molecular flexibility index (Phi) is 10.9. The van der Waals surface area contributed by atoms with Gasteiger partial charge in [0.2, 0.25) is 0 Å². The summed E-state index contributed by atoms with van der Waals surface area (Å²) in [6.07, 6.45) is 2.67. The summed E-state index contributed by atoms with van der Waals surface area (Å²) in [6.45, 7) is 2.10. The van der Waals surface area contributed by atoms with Crippen LogP contribution in [-0.2, 0) is 27.2 Å². The predicted octanol–water partition coefficient (Wildman–Crippen LogP) is 3.09. The van der Waals surface area contributed by atoms with Gasteiger partial charge in [-0.1, -0.05) is 43.3 Å². The number of hydrogen-bond donors (Lipinski definition) is 3. The summed E-state index contributed by atoms with van der Waals surface area (Å²) in [5.74, 6) is -0.325. The Balaban J connectivity index is 1.42. The third-order valence-electron chi connectivity index (χ3n) is 5.63. The first-order valence-electron chi connectivity index (χ1n) is 12.4. The van der Waals surface area contributed by atoms with Crippen molar-refractivity contribution >= 4 is 29.6 Å². The number of anilines is 1. The zero-order valence-corrected chi connectivity index (χ0v) is 22.2. The first kappa shape index (κ1) is 28.7. The minimum Gasteiger partial charge on any atom is -0.493 e. The van der Waals surface area contributed by atoms with Crippen molar-refractivity contribution in [3.63, 3.8) is 0 Å². The smallest absolute Gasteiger partial charge is 0.329 e. The second-order valence-electron chi connectivity index (χ2n) is 8.31. The number of methoxy groups -OCH3 is 2. The van der Waals surface area contributed by atoms with E-state index >= 15 is 0 Å². The second-order valence-corrected chi connectivity index (χ2v) is 8.31. The van der Waals surface area contributed by atoms with Crippen LogP contribution in [0.1, 0.15) is 23.6 Å². The minimum absolute atomic E-state index is 0.168. The number of nitrogens with zero attached hydrogens (tertiary/aromatic N) is 1. The number of carbonyl (C=O) groups excluding carboxylic acids is 3. The van der Waals surface area contributed by atoms with Gasteiger partial charge in [0.05, 0.1) is 20.4 Å². The van der Waals surface area contributed by atoms with Crippen molar-refractivity contribution < 1.29 is 28.6 Å². The van der Waals surface area contributed by atoms with Crippen molar-refractivity contribution in [1.29, 1.82) is 0 Å². The maximum atomic E-state index is 12.3. The van der Waals surface area contributed by atoms with Crippen LogP contribution in [0.2, 0.25) is 0 Å². The number of nitrogens with one attached hydrogen (secondary N) is 3. The molecule has 0 saturated heterocycles. The Morgan fingerprint density at radius 1 is 0.897 bits per heavy atom. The summed E-state index contributed by atoms with van der Waals surface area (Å²) in [4.78, 5) is 36.4. The van der Waals surface area contributed by atoms with Crippen molar-refractivity contribution in [2.45, 2.75) is 19.8 Å². The lowest BCUT2D eigenvalue weighted by atomic mass is 10.1. The number of para-hydroxylation sites is 1. The molecule has 0 atom stereocenters. The Morgan fingerprint density at radius 3 is 2.46 bits per heavy atom. The number of ether oxygens (including phenoxy) is 3. The van der Waals surface area contributed by atoms with Gasteiger partial charge in [-0.2, -0.15) is 5.10 Å². The van der Waals surface area contributed by atoms with E-state index in [0.717, 1.165) is 23.2 Å². The predicted molar refractivity (Wildman–Crippen MR) is 148 cm³/mol. The zero-order chi connectivity index (χ0) is 28.0. The highest BCUT2D eigenvalue weighted by molar-refractivity contribution is 6.35. The van der Waals surface area contributed by atoms with E-state index in [2.05, 4.69) is 21.2 Å². The van der Waals surface area contributed by atoms with Crippen LogP contribution in [0.25, 0.3) is 0 Å². The number of rotatable bonds is 12. The molecule has 204 valence electrons. The van der Waals surface area contributed by atoms with Gasteiger partial charge in [-0.15, -0.1) is 0 Å². The Hall–Kier alpha value is -4.86. The number of benzene rings is 3. The number of carbonyl (C=O) groups is 3. The second kappa shape index (κ2) is 14.8. The molecule has 3 N–H and O–H groups in total. The molecule has 0 saturated carbocycles. The molecule has 3 rings (SSSR count). The first-order valence-corrected chi connectivity index (χ1v) is 12.4. The Labute approximate surface area is 227 Å². The van der Waals surface area contributed by atoms with E-state index < -0.39 is 11.8 Å². The first-order chi connectivity index (χ1) is 18.9. The molecule has 0 aliphatic carbocycles. The van der Waals surface area contributed by atoms with Crippen molar-refractivity contribution in [2.75, 3.05) is 32.7 Å². The third kappa shape index (κ3) is 8.89. The van der Waals surface area contributed by atoms with E-state index in [1.54, 1.807) is 44.6 Å². The van der Waals surface area contributed by atoms with Gasteiger partial charge < -0.3 is 24.8 Å². The van der Waals surface area contributed by atoms with Crippen LogP contribution >= 0.6 is 0 Å². The summed E-state index contributed by atoms with van der Waals surface area (Å²) >= 11 is 0. The summed E-state index contributed by atoms with van der Waals surface area (Å²) < 4.78 is 16.1. The molecule has 0 radical (unpaired) electrons. The summed E-state index contributed by atoms with van der Waals surface area (Å²) in [6, 6.07) is 19.9. The fourth-order valence-electron chi connectivity index (χ4n) is 3.62. The fourth-order valence-corrected chi connectivity index (χ4v) is 3.62. The van der Waals surface area contributed by atoms with Gasteiger partial charge in [0.25, 0.3) is 5.91 Å². The van der Waals surface area contributed by atoms with Crippen LogP contribution in [0, 0.1) is 0 Å². The molecular formula is C29H32N4O6. The van der Waals surface area contributed by atoms with E-state index in [1.807, 2.05) is 43.3 Å². The van der Waals surface area contributed by atoms with Crippen LogP contribution in [0.4, 0.5) is 5.69 Å². The maximum Gasteiger partial charge on any atom is 0.329 e. The molecule has 3 aromatic carbocycles. The highest BCUT2D eigenvalue weighted by atomic mass is 16.5. The van der Waals surface area contributed by atoms with Crippen LogP contribution in [0.5, 0.6) is 17.2 Å². The van der Waals surface area contributed by atoms with Crippen molar-refractivity contribution in [2.24, 2.45) is 5.10 Å². The van der Waals surface area contributed by atoms with Crippen LogP contribution in [0.15, 0.2) is 71.8 Å². The van der Waals surface area contributed by atoms with E-state index in [9.17, 15) is 14.4 Å². The number of aryl methyl sites for hydroxylation is 1. The van der Waals surface area contributed by atoms with E-state index in [4.69, 9.17) is 14.2 Å². The molecule has 0 bridgehead atoms. The van der Waals surface area contributed by atoms with Crippen molar-refractivity contribution in [1.82, 2.24) is 10.7 Å². The van der Waals surface area contributed by atoms with Crippen LogP contribution < -0.4 is 30.3 Å². The van der Waals surface area contributed by atoms with Gasteiger partial charge in [-0.25, -0.2) is 5.43 Å². The summed E-state index contributed by atoms with van der Waals surface area (Å²) in [5, 5.41) is 9.23. The SMILES string of the molecule is CCc1ccccc1NC(=O)COc1cccc(/C=N\NC(=O)C(=O)NCCc2ccc(OC)c(OC)c2)c1. The highest BCUT2D eigenvalue weighted by Gasteiger charge is 2.12. The lowest BCUT2D eigenvalue weighted by Crippen LogP contribution is -2.38. The van der Waals surface area contributed by atoms with Crippen LogP contribution in [0.3, 0.4) is 0 Å². The van der Waals surface area contributed by atoms with E-state index in [-0.39, 0.29) is 19.1 Å². The quantitative estimate of drug-likeness (QED) is 0.187. The minimum atomic E-state index is -0.894. The monoisotopic (exact) mass is 532 g/mol. The molecule has 0 aromatic heterocycles. The Morgan fingerprint density at radius 2 is 1.69 bits per heavy atom. The van der Waals surface area contributed by atoms with Crippen LogP contribution in [-0.4, -0.2) is 51.3 Å². The lowest BCUT2D eigenvalue weighted by molar-refractivity contribution is -0.139. The van der Waals surface area contributed by atoms with Crippen molar-refractivity contribution in [3.8, 4) is 17.2 Å². The molecular weight excluding hydrogens is 500 g/mol. The van der Waals surface area contributed by atoms with Gasteiger partial charge in [-0.3, -0.25) is 14.4 Å². The van der Waals surface area contributed by atoms with Gasteiger partial charge in [0, 0.05) is 12.2 Å². The number of amides is 3. The van der Waals surface area contributed by atoms with E-state index in [0.29, 0.717) is 29.2 Å². The van der Waals surface area contributed by atoms with Gasteiger partial charge in [-0.05, 0) is 59.9 Å². The molecule has 0 heterocycles. The lowest BCUT2D eigenvalue weighted by Gasteiger charge is -2.11. The topological polar surface area (TPSA) is 127 Å². The molecule has 39 heavy (non-hydrogen) atoms. The standard InChI is InChI=1S/C29H32N4O6/c1-4-22-9-5-6-11-24(22)32-27(34)19-39-23-10-7-8-21(16-23)18-31-33-29(36)28(35)30-15-14-20-12-13-25(37-2)26(17-20)38-3/h5-13,16-18H,4,14-15,19H2,1-3H3,(H,30,35)(H,32,34)(H,33,36)/b31-18-. The Bertz CT molecular complexity index is 1320. The molecule has 10 nitrogen and oxygen atoms in total. The molecule has 0 aliphatic heterocycles. The molecule has 0 spiro atoms. The highest BCUT2D eigenvalue weighted by Crippen LogP contribution is 2.27. The van der Waals surface area contributed by atoms with E-state index in [1.165, 1.54) is 6.21 Å². The molecule has 3 amide bonds. The average Bonchev–Trinajstić information content (AvgIpc) is 2.96. The summed E-state index contributed by atoms with van der Waals surface area (Å²) in [5.41, 5.74) is 5.52. The largest absolute Gasteiger partial charge is 0.493 e.